The van der Waals surface area contributed by atoms with E-state index >= 15 is 0 Å². The van der Waals surface area contributed by atoms with Crippen molar-refractivity contribution in [2.75, 3.05) is 18.5 Å². The van der Waals surface area contributed by atoms with Gasteiger partial charge in [0.05, 0.1) is 29.5 Å². The number of aromatic nitrogens is 1. The van der Waals surface area contributed by atoms with Gasteiger partial charge >= 0.3 is 0 Å². The van der Waals surface area contributed by atoms with Crippen LogP contribution in [0, 0.1) is 0 Å². The first kappa shape index (κ1) is 22.7. The highest BCUT2D eigenvalue weighted by Crippen LogP contribution is 2.36. The van der Waals surface area contributed by atoms with Gasteiger partial charge in [-0.15, -0.1) is 11.3 Å². The van der Waals surface area contributed by atoms with E-state index in [-0.39, 0.29) is 42.6 Å². The first-order valence-corrected chi connectivity index (χ1v) is 12.0. The van der Waals surface area contributed by atoms with E-state index in [1.807, 2.05) is 23.6 Å². The van der Waals surface area contributed by atoms with Crippen molar-refractivity contribution in [1.82, 2.24) is 15.2 Å². The largest absolute Gasteiger partial charge is 0.493 e. The normalized spacial score (nSPS) is 16.4. The topological polar surface area (TPSA) is 118 Å². The van der Waals surface area contributed by atoms with Crippen LogP contribution in [-0.4, -0.2) is 46.7 Å². The van der Waals surface area contributed by atoms with Gasteiger partial charge in [-0.3, -0.25) is 24.1 Å². The van der Waals surface area contributed by atoms with Gasteiger partial charge in [0.25, 0.3) is 11.8 Å². The Kier molecular flexibility index (Phi) is 6.04. The summed E-state index contributed by atoms with van der Waals surface area (Å²) in [6, 6.07) is 12.2. The molecule has 178 valence electrons. The number of carbonyl (C=O) groups is 4. The monoisotopic (exact) mass is 490 g/mol. The van der Waals surface area contributed by atoms with E-state index in [9.17, 15) is 19.2 Å². The molecule has 2 N–H and O–H groups in total. The Balaban J connectivity index is 1.23. The van der Waals surface area contributed by atoms with Crippen LogP contribution in [0.25, 0.3) is 11.3 Å². The Labute approximate surface area is 205 Å². The number of imide groups is 1. The summed E-state index contributed by atoms with van der Waals surface area (Å²) in [4.78, 5) is 54.6. The van der Waals surface area contributed by atoms with Gasteiger partial charge in [-0.25, -0.2) is 4.98 Å². The van der Waals surface area contributed by atoms with Crippen molar-refractivity contribution >= 4 is 40.1 Å². The lowest BCUT2D eigenvalue weighted by Crippen LogP contribution is -2.32. The van der Waals surface area contributed by atoms with Crippen LogP contribution in [0.3, 0.4) is 0 Å². The highest BCUT2D eigenvalue weighted by atomic mass is 32.1. The summed E-state index contributed by atoms with van der Waals surface area (Å²) in [5, 5.41) is 7.94. The maximum atomic E-state index is 12.5. The summed E-state index contributed by atoms with van der Waals surface area (Å²) in [6.45, 7) is 2.01. The average Bonchev–Trinajstić information content (AvgIpc) is 3.40. The molecule has 0 fully saturated rings. The SMILES string of the molecule is CC(=O)NC1CCOc2ccc(-c3csc(NC(=O)CCN4C(=O)c5ccccc5C4=O)n3)cc21. The summed E-state index contributed by atoms with van der Waals surface area (Å²) in [6.07, 6.45) is 0.649. The van der Waals surface area contributed by atoms with Crippen molar-refractivity contribution in [3.8, 4) is 17.0 Å². The Morgan fingerprint density at radius 3 is 2.60 bits per heavy atom. The predicted octanol–water partition coefficient (Wildman–Crippen LogP) is 3.39. The molecule has 0 aliphatic carbocycles. The smallest absolute Gasteiger partial charge is 0.261 e. The third kappa shape index (κ3) is 4.52. The van der Waals surface area contributed by atoms with Gasteiger partial charge in [0.15, 0.2) is 5.13 Å². The molecule has 35 heavy (non-hydrogen) atoms. The van der Waals surface area contributed by atoms with Crippen molar-refractivity contribution in [3.05, 3.63) is 64.5 Å². The molecule has 0 saturated carbocycles. The van der Waals surface area contributed by atoms with Crippen molar-refractivity contribution in [3.63, 3.8) is 0 Å². The van der Waals surface area contributed by atoms with Gasteiger partial charge in [-0.05, 0) is 30.3 Å². The number of amides is 4. The molecule has 9 nitrogen and oxygen atoms in total. The minimum atomic E-state index is -0.385. The number of carbonyl (C=O) groups excluding carboxylic acids is 4. The summed E-state index contributed by atoms with van der Waals surface area (Å²) < 4.78 is 5.71. The van der Waals surface area contributed by atoms with Crippen molar-refractivity contribution < 1.29 is 23.9 Å². The van der Waals surface area contributed by atoms with Crippen molar-refractivity contribution in [2.45, 2.75) is 25.8 Å². The Bertz CT molecular complexity index is 1320. The van der Waals surface area contributed by atoms with Crippen LogP contribution in [0.5, 0.6) is 5.75 Å². The van der Waals surface area contributed by atoms with E-state index in [0.29, 0.717) is 35.0 Å². The standard InChI is InChI=1S/C25H22N4O5S/c1-14(30)26-19-9-11-34-21-7-6-15(12-18(19)21)20-13-35-25(27-20)28-22(31)8-10-29-23(32)16-4-2-3-5-17(16)24(29)33/h2-7,12-13,19H,8-11H2,1H3,(H,26,30)(H,27,28,31). The van der Waals surface area contributed by atoms with Crippen LogP contribution in [0.2, 0.25) is 0 Å². The van der Waals surface area contributed by atoms with Gasteiger partial charge in [0, 0.05) is 42.8 Å². The third-order valence-electron chi connectivity index (χ3n) is 5.91. The van der Waals surface area contributed by atoms with Crippen LogP contribution in [0.4, 0.5) is 5.13 Å². The van der Waals surface area contributed by atoms with Crippen LogP contribution >= 0.6 is 11.3 Å². The van der Waals surface area contributed by atoms with Gasteiger partial charge in [0.1, 0.15) is 5.75 Å². The minimum Gasteiger partial charge on any atom is -0.493 e. The molecule has 2 aliphatic heterocycles. The fourth-order valence-corrected chi connectivity index (χ4v) is 4.99. The summed E-state index contributed by atoms with van der Waals surface area (Å²) in [5.74, 6) is -0.483. The number of hydrogen-bond acceptors (Lipinski definition) is 7. The first-order valence-electron chi connectivity index (χ1n) is 11.2. The number of anilines is 1. The van der Waals surface area contributed by atoms with Gasteiger partial charge in [0.2, 0.25) is 11.8 Å². The fourth-order valence-electron chi connectivity index (χ4n) is 4.25. The van der Waals surface area contributed by atoms with E-state index < -0.39 is 0 Å². The van der Waals surface area contributed by atoms with Crippen LogP contribution in [0.15, 0.2) is 47.8 Å². The number of fused-ring (bicyclic) bond motifs is 2. The lowest BCUT2D eigenvalue weighted by molar-refractivity contribution is -0.120. The zero-order valence-electron chi connectivity index (χ0n) is 18.9. The van der Waals surface area contributed by atoms with E-state index in [1.165, 1.54) is 18.3 Å². The summed E-state index contributed by atoms with van der Waals surface area (Å²) in [5.41, 5.74) is 3.13. The number of nitrogens with zero attached hydrogens (tertiary/aromatic N) is 2. The van der Waals surface area contributed by atoms with E-state index in [0.717, 1.165) is 21.8 Å². The Morgan fingerprint density at radius 1 is 1.14 bits per heavy atom. The second-order valence-corrected chi connectivity index (χ2v) is 9.14. The molecule has 1 aromatic heterocycles. The van der Waals surface area contributed by atoms with Gasteiger partial charge in [-0.1, -0.05) is 12.1 Å². The minimum absolute atomic E-state index is 0.00816. The lowest BCUT2D eigenvalue weighted by atomic mass is 9.97. The molecule has 2 aliphatic rings. The van der Waals surface area contributed by atoms with E-state index in [2.05, 4.69) is 15.6 Å². The number of benzene rings is 2. The molecule has 1 unspecified atom stereocenters. The molecule has 0 spiro atoms. The van der Waals surface area contributed by atoms with E-state index in [1.54, 1.807) is 24.3 Å². The quantitative estimate of drug-likeness (QED) is 0.512. The molecule has 3 heterocycles. The number of thiazole rings is 1. The zero-order valence-corrected chi connectivity index (χ0v) is 19.7. The highest BCUT2D eigenvalue weighted by molar-refractivity contribution is 7.14. The van der Waals surface area contributed by atoms with Crippen molar-refractivity contribution in [1.29, 1.82) is 0 Å². The molecule has 2 aromatic carbocycles. The molecule has 1 atom stereocenters. The Hall–Kier alpha value is -4.05. The maximum Gasteiger partial charge on any atom is 0.261 e. The van der Waals surface area contributed by atoms with Gasteiger partial charge < -0.3 is 15.4 Å². The van der Waals surface area contributed by atoms with Crippen LogP contribution in [-0.2, 0) is 9.59 Å². The van der Waals surface area contributed by atoms with Crippen LogP contribution < -0.4 is 15.4 Å². The molecule has 4 amide bonds. The second kappa shape index (κ2) is 9.30. The Morgan fingerprint density at radius 2 is 1.89 bits per heavy atom. The van der Waals surface area contributed by atoms with Crippen molar-refractivity contribution in [2.24, 2.45) is 0 Å². The molecule has 10 heteroatoms. The number of rotatable bonds is 6. The molecular formula is C25H22N4O5S. The molecular weight excluding hydrogens is 468 g/mol. The number of hydrogen-bond donors (Lipinski definition) is 2. The zero-order chi connectivity index (χ0) is 24.5. The highest BCUT2D eigenvalue weighted by Gasteiger charge is 2.35. The first-order chi connectivity index (χ1) is 16.9. The second-order valence-electron chi connectivity index (χ2n) is 8.29. The molecule has 0 radical (unpaired) electrons. The number of ether oxygens (including phenoxy) is 1. The molecule has 0 saturated heterocycles. The van der Waals surface area contributed by atoms with E-state index in [4.69, 9.17) is 4.74 Å². The lowest BCUT2D eigenvalue weighted by Gasteiger charge is -2.26. The van der Waals surface area contributed by atoms with Gasteiger partial charge in [-0.2, -0.15) is 0 Å². The summed E-state index contributed by atoms with van der Waals surface area (Å²) >= 11 is 1.28. The fraction of sp³-hybridized carbons (Fsp3) is 0.240. The third-order valence-corrected chi connectivity index (χ3v) is 6.67. The summed E-state index contributed by atoms with van der Waals surface area (Å²) in [7, 11) is 0. The molecule has 5 rings (SSSR count). The molecule has 0 bridgehead atoms. The van der Waals surface area contributed by atoms with Crippen LogP contribution in [0.1, 0.15) is 52.1 Å². The predicted molar refractivity (Wildman–Crippen MR) is 129 cm³/mol. The molecule has 3 aromatic rings. The average molecular weight is 491 g/mol. The number of nitrogens with one attached hydrogen (secondary N) is 2. The maximum absolute atomic E-state index is 12.5.